The minimum atomic E-state index is -0.0416. The van der Waals surface area contributed by atoms with E-state index in [1.54, 1.807) is 21.3 Å². The van der Waals surface area contributed by atoms with Crippen LogP contribution in [-0.2, 0) is 6.54 Å². The van der Waals surface area contributed by atoms with Gasteiger partial charge in [0.25, 0.3) is 0 Å². The summed E-state index contributed by atoms with van der Waals surface area (Å²) < 4.78 is 11.5. The summed E-state index contributed by atoms with van der Waals surface area (Å²) in [6.45, 7) is 6.90. The molecule has 0 spiro atoms. The highest BCUT2D eigenvalue weighted by Gasteiger charge is 2.13. The molecule has 5 nitrogen and oxygen atoms in total. The van der Waals surface area contributed by atoms with Gasteiger partial charge in [-0.3, -0.25) is 4.99 Å². The average molecular weight is 358 g/mol. The SMILES string of the molecule is CN=C(NCc1cc(Br)c(OC)c(OC)c1)NC(C)(C)C. The summed E-state index contributed by atoms with van der Waals surface area (Å²) in [4.78, 5) is 4.21. The molecule has 0 unspecified atom stereocenters. The monoisotopic (exact) mass is 357 g/mol. The van der Waals surface area contributed by atoms with Crippen molar-refractivity contribution in [2.24, 2.45) is 4.99 Å². The predicted octanol–water partition coefficient (Wildman–Crippen LogP) is 2.93. The number of nitrogens with one attached hydrogen (secondary N) is 2. The molecule has 0 saturated heterocycles. The molecule has 0 aliphatic carbocycles. The van der Waals surface area contributed by atoms with E-state index < -0.39 is 0 Å². The Labute approximate surface area is 135 Å². The molecule has 0 bridgehead atoms. The summed E-state index contributed by atoms with van der Waals surface area (Å²) in [7, 11) is 5.00. The van der Waals surface area contributed by atoms with E-state index in [-0.39, 0.29) is 5.54 Å². The highest BCUT2D eigenvalue weighted by atomic mass is 79.9. The second-order valence-electron chi connectivity index (χ2n) is 5.61. The smallest absolute Gasteiger partial charge is 0.191 e. The lowest BCUT2D eigenvalue weighted by Crippen LogP contribution is -2.47. The lowest BCUT2D eigenvalue weighted by Gasteiger charge is -2.24. The van der Waals surface area contributed by atoms with E-state index in [2.05, 4.69) is 52.3 Å². The summed E-state index contributed by atoms with van der Waals surface area (Å²) in [6, 6.07) is 3.94. The van der Waals surface area contributed by atoms with Gasteiger partial charge in [0.05, 0.1) is 18.7 Å². The van der Waals surface area contributed by atoms with Crippen LogP contribution in [0.2, 0.25) is 0 Å². The van der Waals surface area contributed by atoms with Crippen LogP contribution < -0.4 is 20.1 Å². The molecule has 0 saturated carbocycles. The topological polar surface area (TPSA) is 54.9 Å². The Kier molecular flexibility index (Phi) is 6.33. The number of halogens is 1. The van der Waals surface area contributed by atoms with Gasteiger partial charge in [0.15, 0.2) is 17.5 Å². The van der Waals surface area contributed by atoms with Crippen LogP contribution in [0.15, 0.2) is 21.6 Å². The van der Waals surface area contributed by atoms with Gasteiger partial charge in [0.2, 0.25) is 0 Å². The summed E-state index contributed by atoms with van der Waals surface area (Å²) in [5, 5.41) is 6.59. The number of hydrogen-bond donors (Lipinski definition) is 2. The third kappa shape index (κ3) is 5.46. The third-order valence-electron chi connectivity index (χ3n) is 2.67. The van der Waals surface area contributed by atoms with Crippen LogP contribution in [-0.4, -0.2) is 32.8 Å². The van der Waals surface area contributed by atoms with E-state index in [0.29, 0.717) is 18.0 Å². The summed E-state index contributed by atoms with van der Waals surface area (Å²) in [5.74, 6) is 2.15. The molecule has 0 aliphatic rings. The zero-order valence-corrected chi connectivity index (χ0v) is 15.1. The molecule has 0 fully saturated rings. The van der Waals surface area contributed by atoms with Crippen molar-refractivity contribution in [2.45, 2.75) is 32.9 Å². The Bertz CT molecular complexity index is 510. The van der Waals surface area contributed by atoms with Crippen molar-refractivity contribution in [3.05, 3.63) is 22.2 Å². The first kappa shape index (κ1) is 17.6. The Morgan fingerprint density at radius 2 is 1.90 bits per heavy atom. The average Bonchev–Trinajstić information content (AvgIpc) is 2.41. The number of hydrogen-bond acceptors (Lipinski definition) is 3. The summed E-state index contributed by atoms with van der Waals surface area (Å²) >= 11 is 3.49. The molecule has 0 heterocycles. The van der Waals surface area contributed by atoms with Gasteiger partial charge >= 0.3 is 0 Å². The predicted molar refractivity (Wildman–Crippen MR) is 90.3 cm³/mol. The zero-order chi connectivity index (χ0) is 16.0. The van der Waals surface area contributed by atoms with E-state index in [1.165, 1.54) is 0 Å². The first-order valence-corrected chi connectivity index (χ1v) is 7.49. The number of nitrogens with zero attached hydrogens (tertiary/aromatic N) is 1. The van der Waals surface area contributed by atoms with Gasteiger partial charge < -0.3 is 20.1 Å². The van der Waals surface area contributed by atoms with Gasteiger partial charge in [0.1, 0.15) is 0 Å². The number of guanidine groups is 1. The van der Waals surface area contributed by atoms with Crippen molar-refractivity contribution in [3.8, 4) is 11.5 Å². The molecule has 21 heavy (non-hydrogen) atoms. The van der Waals surface area contributed by atoms with Crippen molar-refractivity contribution >= 4 is 21.9 Å². The molecule has 0 radical (unpaired) electrons. The fourth-order valence-corrected chi connectivity index (χ4v) is 2.44. The van der Waals surface area contributed by atoms with Crippen LogP contribution in [0, 0.1) is 0 Å². The van der Waals surface area contributed by atoms with E-state index in [0.717, 1.165) is 16.0 Å². The fourth-order valence-electron chi connectivity index (χ4n) is 1.79. The minimum Gasteiger partial charge on any atom is -0.493 e. The van der Waals surface area contributed by atoms with Gasteiger partial charge in [-0.2, -0.15) is 0 Å². The highest BCUT2D eigenvalue weighted by Crippen LogP contribution is 2.36. The molecule has 118 valence electrons. The van der Waals surface area contributed by atoms with Crippen molar-refractivity contribution < 1.29 is 9.47 Å². The van der Waals surface area contributed by atoms with E-state index >= 15 is 0 Å². The molecule has 0 aliphatic heterocycles. The number of benzene rings is 1. The molecule has 1 rings (SSSR count). The van der Waals surface area contributed by atoms with Crippen molar-refractivity contribution in [1.29, 1.82) is 0 Å². The van der Waals surface area contributed by atoms with Crippen LogP contribution in [0.4, 0.5) is 0 Å². The van der Waals surface area contributed by atoms with Crippen molar-refractivity contribution in [1.82, 2.24) is 10.6 Å². The minimum absolute atomic E-state index is 0.0416. The fraction of sp³-hybridized carbons (Fsp3) is 0.533. The second kappa shape index (κ2) is 7.54. The van der Waals surface area contributed by atoms with Gasteiger partial charge in [-0.05, 0) is 54.4 Å². The Morgan fingerprint density at radius 1 is 1.24 bits per heavy atom. The van der Waals surface area contributed by atoms with E-state index in [4.69, 9.17) is 9.47 Å². The Hall–Kier alpha value is -1.43. The first-order chi connectivity index (χ1) is 9.80. The van der Waals surface area contributed by atoms with Gasteiger partial charge in [-0.1, -0.05) is 0 Å². The molecule has 0 amide bonds. The quantitative estimate of drug-likeness (QED) is 0.642. The second-order valence-corrected chi connectivity index (χ2v) is 6.47. The van der Waals surface area contributed by atoms with E-state index in [9.17, 15) is 0 Å². The van der Waals surface area contributed by atoms with Gasteiger partial charge in [-0.15, -0.1) is 0 Å². The number of rotatable bonds is 4. The maximum atomic E-state index is 5.34. The lowest BCUT2D eigenvalue weighted by atomic mass is 10.1. The molecular formula is C15H24BrN3O2. The zero-order valence-electron chi connectivity index (χ0n) is 13.5. The molecule has 0 atom stereocenters. The maximum Gasteiger partial charge on any atom is 0.191 e. The highest BCUT2D eigenvalue weighted by molar-refractivity contribution is 9.10. The molecular weight excluding hydrogens is 334 g/mol. The lowest BCUT2D eigenvalue weighted by molar-refractivity contribution is 0.352. The van der Waals surface area contributed by atoms with Crippen molar-refractivity contribution in [3.63, 3.8) is 0 Å². The normalized spacial score (nSPS) is 12.0. The molecule has 1 aromatic carbocycles. The summed E-state index contributed by atoms with van der Waals surface area (Å²) in [6.07, 6.45) is 0. The van der Waals surface area contributed by atoms with Gasteiger partial charge in [-0.25, -0.2) is 0 Å². The standard InChI is InChI=1S/C15H24BrN3O2/c1-15(2,3)19-14(17-4)18-9-10-7-11(16)13(21-6)12(8-10)20-5/h7-8H,9H2,1-6H3,(H2,17,18,19). The van der Waals surface area contributed by atoms with Crippen LogP contribution >= 0.6 is 15.9 Å². The first-order valence-electron chi connectivity index (χ1n) is 6.70. The third-order valence-corrected chi connectivity index (χ3v) is 3.26. The molecule has 2 N–H and O–H groups in total. The van der Waals surface area contributed by atoms with Crippen LogP contribution in [0.25, 0.3) is 0 Å². The number of aliphatic imine (C=N–C) groups is 1. The van der Waals surface area contributed by atoms with Crippen LogP contribution in [0.1, 0.15) is 26.3 Å². The summed E-state index contributed by atoms with van der Waals surface area (Å²) in [5.41, 5.74) is 1.02. The number of methoxy groups -OCH3 is 2. The largest absolute Gasteiger partial charge is 0.493 e. The molecule has 6 heteroatoms. The number of ether oxygens (including phenoxy) is 2. The van der Waals surface area contributed by atoms with Gasteiger partial charge in [0, 0.05) is 19.1 Å². The van der Waals surface area contributed by atoms with E-state index in [1.807, 2.05) is 12.1 Å². The molecule has 1 aromatic rings. The maximum absolute atomic E-state index is 5.34. The van der Waals surface area contributed by atoms with Crippen LogP contribution in [0.3, 0.4) is 0 Å². The Morgan fingerprint density at radius 3 is 2.38 bits per heavy atom. The molecule has 0 aromatic heterocycles. The van der Waals surface area contributed by atoms with Crippen molar-refractivity contribution in [2.75, 3.05) is 21.3 Å². The van der Waals surface area contributed by atoms with Crippen LogP contribution in [0.5, 0.6) is 11.5 Å². The Balaban J connectivity index is 2.82.